The van der Waals surface area contributed by atoms with Crippen LogP contribution in [0.4, 0.5) is 0 Å². The van der Waals surface area contributed by atoms with Crippen LogP contribution in [0.3, 0.4) is 0 Å². The molecule has 0 saturated heterocycles. The summed E-state index contributed by atoms with van der Waals surface area (Å²) in [6.07, 6.45) is 60.8. The number of aliphatic hydroxyl groups excluding tert-OH is 1. The number of phosphoric ester groups is 1. The zero-order valence-electron chi connectivity index (χ0n) is 43.7. The maximum Gasteiger partial charge on any atom is 0.268 e. The largest absolute Gasteiger partial charge is 0.756 e. The Kier molecular flexibility index (Phi) is 46.8. The highest BCUT2D eigenvalue weighted by Crippen LogP contribution is 2.38. The number of carbonyl (C=O) groups is 1. The fraction of sp³-hybridized carbons (Fsp3) is 0.875. The van der Waals surface area contributed by atoms with Crippen LogP contribution in [0, 0.1) is 0 Å². The van der Waals surface area contributed by atoms with Gasteiger partial charge in [0.15, 0.2) is 0 Å². The van der Waals surface area contributed by atoms with Crippen molar-refractivity contribution in [2.24, 2.45) is 0 Å². The molecule has 65 heavy (non-hydrogen) atoms. The summed E-state index contributed by atoms with van der Waals surface area (Å²) < 4.78 is 23.3. The van der Waals surface area contributed by atoms with Crippen LogP contribution in [0.2, 0.25) is 0 Å². The van der Waals surface area contributed by atoms with Crippen molar-refractivity contribution >= 4 is 13.7 Å². The maximum atomic E-state index is 12.9. The Bertz CT molecular complexity index is 1150. The number of allylic oxidation sites excluding steroid dienone is 5. The minimum atomic E-state index is -4.60. The van der Waals surface area contributed by atoms with Crippen LogP contribution in [0.15, 0.2) is 36.5 Å². The number of hydrogen-bond acceptors (Lipinski definition) is 6. The lowest BCUT2D eigenvalue weighted by Gasteiger charge is -2.29. The molecule has 1 amide bonds. The lowest BCUT2D eigenvalue weighted by atomic mass is 10.0. The van der Waals surface area contributed by atoms with Crippen molar-refractivity contribution in [1.29, 1.82) is 0 Å². The lowest BCUT2D eigenvalue weighted by Crippen LogP contribution is -2.45. The minimum Gasteiger partial charge on any atom is -0.756 e. The van der Waals surface area contributed by atoms with Crippen LogP contribution < -0.4 is 10.2 Å². The first kappa shape index (κ1) is 63.7. The molecule has 0 aliphatic rings. The number of nitrogens with zero attached hydrogens (tertiary/aromatic N) is 1. The summed E-state index contributed by atoms with van der Waals surface area (Å²) in [5, 5.41) is 13.9. The number of phosphoric acid groups is 1. The van der Waals surface area contributed by atoms with E-state index in [4.69, 9.17) is 9.05 Å². The first-order chi connectivity index (χ1) is 31.5. The first-order valence-corrected chi connectivity index (χ1v) is 29.3. The van der Waals surface area contributed by atoms with E-state index in [1.165, 1.54) is 205 Å². The molecule has 0 bridgehead atoms. The van der Waals surface area contributed by atoms with Crippen LogP contribution in [0.5, 0.6) is 0 Å². The van der Waals surface area contributed by atoms with Crippen molar-refractivity contribution in [3.05, 3.63) is 36.5 Å². The second-order valence-corrected chi connectivity index (χ2v) is 21.7. The van der Waals surface area contributed by atoms with Crippen molar-refractivity contribution in [3.63, 3.8) is 0 Å². The summed E-state index contributed by atoms with van der Waals surface area (Å²) in [7, 11) is 1.25. The molecular weight excluding hydrogens is 828 g/mol. The molecule has 0 aliphatic heterocycles. The topological polar surface area (TPSA) is 108 Å². The van der Waals surface area contributed by atoms with E-state index in [-0.39, 0.29) is 12.5 Å². The fourth-order valence-electron chi connectivity index (χ4n) is 8.17. The molecule has 0 radical (unpaired) electrons. The van der Waals surface area contributed by atoms with E-state index >= 15 is 0 Å². The Morgan fingerprint density at radius 2 is 0.862 bits per heavy atom. The second kappa shape index (κ2) is 47.8. The molecule has 2 N–H and O–H groups in total. The van der Waals surface area contributed by atoms with Gasteiger partial charge in [-0.25, -0.2) is 0 Å². The smallest absolute Gasteiger partial charge is 0.268 e. The number of amides is 1. The van der Waals surface area contributed by atoms with E-state index in [2.05, 4.69) is 43.5 Å². The lowest BCUT2D eigenvalue weighted by molar-refractivity contribution is -0.870. The first-order valence-electron chi connectivity index (χ1n) is 27.9. The molecule has 384 valence electrons. The maximum absolute atomic E-state index is 12.9. The van der Waals surface area contributed by atoms with Gasteiger partial charge in [-0.2, -0.15) is 0 Å². The summed E-state index contributed by atoms with van der Waals surface area (Å²) in [5.41, 5.74) is 0. The van der Waals surface area contributed by atoms with Gasteiger partial charge in [0.05, 0.1) is 39.9 Å². The molecule has 0 spiro atoms. The Hall–Kier alpha value is -1.28. The number of hydrogen-bond donors (Lipinski definition) is 2. The monoisotopic (exact) mass is 937 g/mol. The van der Waals surface area contributed by atoms with E-state index in [9.17, 15) is 19.4 Å². The summed E-state index contributed by atoms with van der Waals surface area (Å²) in [6.45, 7) is 4.65. The number of quaternary nitrogens is 1. The predicted octanol–water partition coefficient (Wildman–Crippen LogP) is 16.0. The van der Waals surface area contributed by atoms with Gasteiger partial charge in [0.25, 0.3) is 7.82 Å². The van der Waals surface area contributed by atoms with Crippen molar-refractivity contribution in [3.8, 4) is 0 Å². The number of unbranched alkanes of at least 4 members (excludes halogenated alkanes) is 34. The zero-order chi connectivity index (χ0) is 47.8. The summed E-state index contributed by atoms with van der Waals surface area (Å²) in [6, 6.07) is -0.905. The minimum absolute atomic E-state index is 0.00670. The van der Waals surface area contributed by atoms with Crippen LogP contribution in [-0.2, 0) is 18.4 Å². The summed E-state index contributed by atoms with van der Waals surface area (Å²) in [4.78, 5) is 25.4. The van der Waals surface area contributed by atoms with Crippen molar-refractivity contribution < 1.29 is 32.9 Å². The third-order valence-electron chi connectivity index (χ3n) is 12.6. The Morgan fingerprint density at radius 3 is 1.25 bits per heavy atom. The Morgan fingerprint density at radius 1 is 0.523 bits per heavy atom. The Labute approximate surface area is 404 Å². The van der Waals surface area contributed by atoms with Crippen molar-refractivity contribution in [2.45, 2.75) is 276 Å². The highest BCUT2D eigenvalue weighted by atomic mass is 31.2. The van der Waals surface area contributed by atoms with E-state index in [0.717, 1.165) is 38.5 Å². The average molecular weight is 937 g/mol. The van der Waals surface area contributed by atoms with Gasteiger partial charge in [0.1, 0.15) is 13.2 Å². The van der Waals surface area contributed by atoms with E-state index in [0.29, 0.717) is 17.4 Å². The van der Waals surface area contributed by atoms with Crippen LogP contribution in [-0.4, -0.2) is 68.5 Å². The van der Waals surface area contributed by atoms with Gasteiger partial charge in [-0.3, -0.25) is 9.36 Å². The van der Waals surface area contributed by atoms with Gasteiger partial charge in [-0.05, 0) is 57.8 Å². The van der Waals surface area contributed by atoms with Gasteiger partial charge in [0, 0.05) is 6.42 Å². The van der Waals surface area contributed by atoms with Crippen LogP contribution in [0.1, 0.15) is 264 Å². The normalized spacial score (nSPS) is 14.3. The second-order valence-electron chi connectivity index (χ2n) is 20.3. The molecule has 0 saturated carbocycles. The van der Waals surface area contributed by atoms with Gasteiger partial charge in [-0.15, -0.1) is 0 Å². The molecular formula is C56H109N2O6P. The number of likely N-dealkylation sites (N-methyl/N-ethyl adjacent to an activating group) is 1. The molecule has 0 aliphatic carbocycles. The van der Waals surface area contributed by atoms with Gasteiger partial charge < -0.3 is 28.8 Å². The molecule has 9 heteroatoms. The SMILES string of the molecule is CCCCCCCCC/C=C\CCCCCCCCCC(=O)NC(COP(=O)([O-])OCC[N+](C)(C)C)C(O)/C=C/CC/C=C/CCCCCCCCCCCCCCCCCCCCC. The number of carbonyl (C=O) groups excluding carboxylic acids is 1. The molecule has 3 atom stereocenters. The van der Waals surface area contributed by atoms with E-state index in [1.807, 2.05) is 27.2 Å². The molecule has 0 fully saturated rings. The van der Waals surface area contributed by atoms with Crippen LogP contribution in [0.25, 0.3) is 0 Å². The van der Waals surface area contributed by atoms with Gasteiger partial charge in [-0.1, -0.05) is 237 Å². The highest BCUT2D eigenvalue weighted by molar-refractivity contribution is 7.45. The molecule has 3 unspecified atom stereocenters. The third kappa shape index (κ3) is 50.4. The summed E-state index contributed by atoms with van der Waals surface area (Å²) in [5.74, 6) is -0.209. The van der Waals surface area contributed by atoms with Crippen molar-refractivity contribution in [1.82, 2.24) is 5.32 Å². The standard InChI is InChI=1S/C56H109N2O6P/c1-6-8-10-12-14-16-18-20-22-24-26-27-28-29-30-31-32-33-35-37-39-41-43-45-47-49-55(59)54(53-64-65(61,62)63-52-51-58(3,4)5)57-56(60)50-48-46-44-42-40-38-36-34-25-23-21-19-17-15-13-11-9-7-2/h23,25,39,41,47,49,54-55,59H,6-22,24,26-38,40,42-46,48,50-53H2,1-5H3,(H-,57,60,61,62)/b25-23-,41-39+,49-47+. The van der Waals surface area contributed by atoms with Crippen LogP contribution >= 0.6 is 7.82 Å². The molecule has 0 aromatic heterocycles. The van der Waals surface area contributed by atoms with E-state index < -0.39 is 26.6 Å². The van der Waals surface area contributed by atoms with E-state index in [1.54, 1.807) is 6.08 Å². The van der Waals surface area contributed by atoms with Crippen molar-refractivity contribution in [2.75, 3.05) is 40.9 Å². The molecule has 0 rings (SSSR count). The highest BCUT2D eigenvalue weighted by Gasteiger charge is 2.23. The quantitative estimate of drug-likeness (QED) is 0.0272. The zero-order valence-corrected chi connectivity index (χ0v) is 44.6. The predicted molar refractivity (Wildman–Crippen MR) is 279 cm³/mol. The number of rotatable bonds is 51. The van der Waals surface area contributed by atoms with Gasteiger partial charge in [0.2, 0.25) is 5.91 Å². The molecule has 0 heterocycles. The van der Waals surface area contributed by atoms with Gasteiger partial charge >= 0.3 is 0 Å². The molecule has 0 aromatic carbocycles. The Balaban J connectivity index is 4.28. The molecule has 0 aromatic rings. The number of aliphatic hydroxyl groups is 1. The average Bonchev–Trinajstić information content (AvgIpc) is 3.26. The molecule has 8 nitrogen and oxygen atoms in total. The fourth-order valence-corrected chi connectivity index (χ4v) is 8.89. The number of nitrogens with one attached hydrogen (secondary N) is 1. The third-order valence-corrected chi connectivity index (χ3v) is 13.5. The summed E-state index contributed by atoms with van der Waals surface area (Å²) >= 11 is 0.